The Hall–Kier alpha value is -0.830. The van der Waals surface area contributed by atoms with Gasteiger partial charge in [0.15, 0.2) is 0 Å². The molecule has 0 aliphatic heterocycles. The van der Waals surface area contributed by atoms with Crippen molar-refractivity contribution in [2.75, 3.05) is 0 Å². The Labute approximate surface area is 60.3 Å². The van der Waals surface area contributed by atoms with E-state index in [0.717, 1.165) is 5.69 Å². The quantitative estimate of drug-likeness (QED) is 0.652. The van der Waals surface area contributed by atoms with Crippen molar-refractivity contribution >= 4 is 0 Å². The van der Waals surface area contributed by atoms with Gasteiger partial charge >= 0.3 is 0 Å². The molecule has 0 saturated carbocycles. The molecular formula is C7H12N2O. The first-order chi connectivity index (χ1) is 4.70. The SMILES string of the molecule is Cc1ccnn1CC(C)O. The van der Waals surface area contributed by atoms with E-state index in [0.29, 0.717) is 6.54 Å². The largest absolute Gasteiger partial charge is 0.391 e. The van der Waals surface area contributed by atoms with Crippen LogP contribution in [0.3, 0.4) is 0 Å². The van der Waals surface area contributed by atoms with E-state index in [-0.39, 0.29) is 6.10 Å². The number of aryl methyl sites for hydroxylation is 1. The molecule has 10 heavy (non-hydrogen) atoms. The molecule has 0 fully saturated rings. The molecule has 0 saturated heterocycles. The molecule has 0 amide bonds. The summed E-state index contributed by atoms with van der Waals surface area (Å²) in [6, 6.07) is 1.92. The third-order valence-electron chi connectivity index (χ3n) is 1.37. The van der Waals surface area contributed by atoms with Crippen LogP contribution in [-0.2, 0) is 6.54 Å². The van der Waals surface area contributed by atoms with Crippen LogP contribution >= 0.6 is 0 Å². The molecular weight excluding hydrogens is 128 g/mol. The van der Waals surface area contributed by atoms with Gasteiger partial charge in [-0.1, -0.05) is 0 Å². The Balaban J connectivity index is 2.65. The molecule has 0 radical (unpaired) electrons. The predicted molar refractivity (Wildman–Crippen MR) is 38.6 cm³/mol. The lowest BCUT2D eigenvalue weighted by Crippen LogP contribution is -2.13. The molecule has 0 aliphatic rings. The van der Waals surface area contributed by atoms with E-state index in [9.17, 15) is 0 Å². The zero-order valence-electron chi connectivity index (χ0n) is 6.28. The number of nitrogens with zero attached hydrogens (tertiary/aromatic N) is 2. The van der Waals surface area contributed by atoms with E-state index in [1.54, 1.807) is 17.8 Å². The highest BCUT2D eigenvalue weighted by atomic mass is 16.3. The van der Waals surface area contributed by atoms with Crippen molar-refractivity contribution in [1.29, 1.82) is 0 Å². The number of aliphatic hydroxyl groups is 1. The molecule has 0 aliphatic carbocycles. The van der Waals surface area contributed by atoms with Crippen LogP contribution < -0.4 is 0 Å². The highest BCUT2D eigenvalue weighted by Gasteiger charge is 1.99. The van der Waals surface area contributed by atoms with Gasteiger partial charge in [0.2, 0.25) is 0 Å². The molecule has 0 aromatic carbocycles. The van der Waals surface area contributed by atoms with Gasteiger partial charge in [0, 0.05) is 11.9 Å². The van der Waals surface area contributed by atoms with Crippen molar-refractivity contribution in [3.8, 4) is 0 Å². The van der Waals surface area contributed by atoms with Crippen LogP contribution in [0, 0.1) is 6.92 Å². The maximum Gasteiger partial charge on any atom is 0.0708 e. The summed E-state index contributed by atoms with van der Waals surface area (Å²) < 4.78 is 1.78. The van der Waals surface area contributed by atoms with Gasteiger partial charge in [0.05, 0.1) is 12.6 Å². The first-order valence-electron chi connectivity index (χ1n) is 3.36. The third kappa shape index (κ3) is 1.57. The molecule has 56 valence electrons. The monoisotopic (exact) mass is 140 g/mol. The van der Waals surface area contributed by atoms with E-state index >= 15 is 0 Å². The zero-order chi connectivity index (χ0) is 7.56. The van der Waals surface area contributed by atoms with Crippen molar-refractivity contribution in [2.45, 2.75) is 26.5 Å². The van der Waals surface area contributed by atoms with Crippen molar-refractivity contribution in [3.63, 3.8) is 0 Å². The molecule has 1 N–H and O–H groups in total. The van der Waals surface area contributed by atoms with Gasteiger partial charge in [-0.25, -0.2) is 0 Å². The summed E-state index contributed by atoms with van der Waals surface area (Å²) in [7, 11) is 0. The van der Waals surface area contributed by atoms with Gasteiger partial charge in [0.1, 0.15) is 0 Å². The summed E-state index contributed by atoms with van der Waals surface area (Å²) in [5.41, 5.74) is 1.08. The standard InChI is InChI=1S/C7H12N2O/c1-6-3-4-8-9(6)5-7(2)10/h3-4,7,10H,5H2,1-2H3. The summed E-state index contributed by atoms with van der Waals surface area (Å²) in [6.45, 7) is 4.30. The highest BCUT2D eigenvalue weighted by Crippen LogP contribution is 1.96. The average molecular weight is 140 g/mol. The molecule has 1 atom stereocenters. The predicted octanol–water partition coefficient (Wildman–Crippen LogP) is 0.572. The van der Waals surface area contributed by atoms with E-state index in [4.69, 9.17) is 5.11 Å². The number of hydrogen-bond donors (Lipinski definition) is 1. The molecule has 1 unspecified atom stereocenters. The second-order valence-corrected chi connectivity index (χ2v) is 2.50. The lowest BCUT2D eigenvalue weighted by molar-refractivity contribution is 0.167. The fourth-order valence-corrected chi connectivity index (χ4v) is 0.840. The fraction of sp³-hybridized carbons (Fsp3) is 0.571. The molecule has 1 aromatic heterocycles. The maximum atomic E-state index is 8.99. The van der Waals surface area contributed by atoms with E-state index in [1.165, 1.54) is 0 Å². The minimum absolute atomic E-state index is 0.321. The van der Waals surface area contributed by atoms with E-state index in [2.05, 4.69) is 5.10 Å². The second kappa shape index (κ2) is 2.84. The first-order valence-corrected chi connectivity index (χ1v) is 3.36. The van der Waals surface area contributed by atoms with Gasteiger partial charge in [-0.05, 0) is 19.9 Å². The summed E-state index contributed by atoms with van der Waals surface area (Å²) in [5, 5.41) is 13.0. The normalized spacial score (nSPS) is 13.5. The summed E-state index contributed by atoms with van der Waals surface area (Å²) in [4.78, 5) is 0. The second-order valence-electron chi connectivity index (χ2n) is 2.50. The minimum atomic E-state index is -0.321. The Morgan fingerprint density at radius 2 is 2.50 bits per heavy atom. The lowest BCUT2D eigenvalue weighted by atomic mass is 10.4. The van der Waals surface area contributed by atoms with Gasteiger partial charge in [-0.2, -0.15) is 5.10 Å². The molecule has 3 nitrogen and oxygen atoms in total. The first kappa shape index (κ1) is 7.28. The Bertz CT molecular complexity index is 205. The van der Waals surface area contributed by atoms with Crippen molar-refractivity contribution in [1.82, 2.24) is 9.78 Å². The number of rotatable bonds is 2. The van der Waals surface area contributed by atoms with Crippen molar-refractivity contribution in [3.05, 3.63) is 18.0 Å². The molecule has 3 heteroatoms. The van der Waals surface area contributed by atoms with Crippen LogP contribution in [0.15, 0.2) is 12.3 Å². The number of hydrogen-bond acceptors (Lipinski definition) is 2. The topological polar surface area (TPSA) is 38.0 Å². The van der Waals surface area contributed by atoms with E-state index < -0.39 is 0 Å². The van der Waals surface area contributed by atoms with Crippen LogP contribution in [0.1, 0.15) is 12.6 Å². The van der Waals surface area contributed by atoms with Crippen LogP contribution in [-0.4, -0.2) is 21.0 Å². The van der Waals surface area contributed by atoms with Crippen LogP contribution in [0.2, 0.25) is 0 Å². The van der Waals surface area contributed by atoms with Gasteiger partial charge in [0.25, 0.3) is 0 Å². The number of aliphatic hydroxyl groups excluding tert-OH is 1. The smallest absolute Gasteiger partial charge is 0.0708 e. The number of aromatic nitrogens is 2. The molecule has 0 bridgehead atoms. The van der Waals surface area contributed by atoms with E-state index in [1.807, 2.05) is 13.0 Å². The van der Waals surface area contributed by atoms with Gasteiger partial charge < -0.3 is 5.11 Å². The van der Waals surface area contributed by atoms with Crippen LogP contribution in [0.4, 0.5) is 0 Å². The molecule has 1 rings (SSSR count). The fourth-order valence-electron chi connectivity index (χ4n) is 0.840. The maximum absolute atomic E-state index is 8.99. The van der Waals surface area contributed by atoms with Crippen molar-refractivity contribution < 1.29 is 5.11 Å². The Kier molecular flexibility index (Phi) is 2.06. The Morgan fingerprint density at radius 1 is 1.80 bits per heavy atom. The Morgan fingerprint density at radius 3 is 2.90 bits per heavy atom. The van der Waals surface area contributed by atoms with Gasteiger partial charge in [-0.3, -0.25) is 4.68 Å². The van der Waals surface area contributed by atoms with Crippen LogP contribution in [0.25, 0.3) is 0 Å². The molecule has 1 aromatic rings. The summed E-state index contributed by atoms with van der Waals surface area (Å²) in [6.07, 6.45) is 1.41. The molecule has 1 heterocycles. The highest BCUT2D eigenvalue weighted by molar-refractivity contribution is 4.96. The van der Waals surface area contributed by atoms with Gasteiger partial charge in [-0.15, -0.1) is 0 Å². The zero-order valence-corrected chi connectivity index (χ0v) is 6.28. The summed E-state index contributed by atoms with van der Waals surface area (Å²) in [5.74, 6) is 0. The van der Waals surface area contributed by atoms with Crippen molar-refractivity contribution in [2.24, 2.45) is 0 Å². The minimum Gasteiger partial charge on any atom is -0.391 e. The third-order valence-corrected chi connectivity index (χ3v) is 1.37. The molecule has 0 spiro atoms. The summed E-state index contributed by atoms with van der Waals surface area (Å²) >= 11 is 0. The average Bonchev–Trinajstić information content (AvgIpc) is 2.15. The lowest BCUT2D eigenvalue weighted by Gasteiger charge is -2.05. The van der Waals surface area contributed by atoms with Crippen LogP contribution in [0.5, 0.6) is 0 Å².